The Morgan fingerprint density at radius 2 is 1.76 bits per heavy atom. The molecule has 2 aromatic carbocycles. The lowest BCUT2D eigenvalue weighted by molar-refractivity contribution is 0.0321. The largest absolute Gasteiger partial charge is 0.470 e. The van der Waals surface area contributed by atoms with Gasteiger partial charge in [-0.2, -0.15) is 5.10 Å². The van der Waals surface area contributed by atoms with Crippen LogP contribution in [0.3, 0.4) is 0 Å². The van der Waals surface area contributed by atoms with Crippen LogP contribution in [0.4, 0.5) is 23.2 Å². The van der Waals surface area contributed by atoms with Gasteiger partial charge in [0, 0.05) is 75.0 Å². The molecule has 0 aromatic heterocycles. The lowest BCUT2D eigenvalue weighted by atomic mass is 10.1. The van der Waals surface area contributed by atoms with Crippen molar-refractivity contribution in [3.8, 4) is 0 Å². The van der Waals surface area contributed by atoms with Crippen LogP contribution < -0.4 is 16.5 Å². The maximum absolute atomic E-state index is 15.1. The fraction of sp³-hybridized carbons (Fsp3) is 0.429. The standard InChI is InChI=1S/C28H35F4N7O2/c1-35-36-28(41-18-27(31)32)20-2-3-21(23(29)15-20)16-39(34)17-25(33)19-4-5-26(24(30)14-19)38-10-8-37(9-11-38)22-6-12-40-13-7-22/h2-5,14-15,17,22,27H,1,6-13,16,18,33-34H2/b25-17-,36-28-. The van der Waals surface area contributed by atoms with Gasteiger partial charge in [0.2, 0.25) is 5.90 Å². The Kier molecular flexibility index (Phi) is 10.6. The average Bonchev–Trinajstić information content (AvgIpc) is 2.96. The molecule has 0 unspecified atom stereocenters. The summed E-state index contributed by atoms with van der Waals surface area (Å²) in [6, 6.07) is 9.25. The number of halogens is 4. The number of hydrogen-bond donors (Lipinski definition) is 2. The lowest BCUT2D eigenvalue weighted by Crippen LogP contribution is -2.51. The van der Waals surface area contributed by atoms with Crippen LogP contribution in [0.25, 0.3) is 5.70 Å². The van der Waals surface area contributed by atoms with Gasteiger partial charge in [0.25, 0.3) is 6.43 Å². The topological polar surface area (TPSA) is 105 Å². The highest BCUT2D eigenvalue weighted by atomic mass is 19.3. The van der Waals surface area contributed by atoms with Crippen molar-refractivity contribution in [2.45, 2.75) is 31.9 Å². The number of rotatable bonds is 10. The quantitative estimate of drug-likeness (QED) is 0.146. The Labute approximate surface area is 236 Å². The zero-order valence-corrected chi connectivity index (χ0v) is 22.7. The predicted molar refractivity (Wildman–Crippen MR) is 150 cm³/mol. The normalized spacial score (nSPS) is 17.7. The number of benzene rings is 2. The number of nitrogens with two attached hydrogens (primary N) is 2. The average molecular weight is 578 g/mol. The van der Waals surface area contributed by atoms with Gasteiger partial charge in [-0.1, -0.05) is 12.1 Å². The fourth-order valence-corrected chi connectivity index (χ4v) is 5.00. The lowest BCUT2D eigenvalue weighted by Gasteiger charge is -2.41. The summed E-state index contributed by atoms with van der Waals surface area (Å²) in [4.78, 5) is 4.50. The highest BCUT2D eigenvalue weighted by Crippen LogP contribution is 2.26. The molecule has 4 rings (SSSR count). The monoisotopic (exact) mass is 577 g/mol. The molecule has 4 N–H and O–H groups in total. The first-order chi connectivity index (χ1) is 19.7. The summed E-state index contributed by atoms with van der Waals surface area (Å²) in [7, 11) is 0. The van der Waals surface area contributed by atoms with Crippen molar-refractivity contribution in [3.63, 3.8) is 0 Å². The molecule has 0 atom stereocenters. The van der Waals surface area contributed by atoms with Gasteiger partial charge in [-0.05, 0) is 37.1 Å². The summed E-state index contributed by atoms with van der Waals surface area (Å²) in [6.07, 6.45) is 0.716. The van der Waals surface area contributed by atoms with Crippen molar-refractivity contribution >= 4 is 24.0 Å². The van der Waals surface area contributed by atoms with Crippen molar-refractivity contribution < 1.29 is 27.0 Å². The fourth-order valence-electron chi connectivity index (χ4n) is 5.00. The minimum absolute atomic E-state index is 0.0746. The number of hydrazine groups is 1. The summed E-state index contributed by atoms with van der Waals surface area (Å²) >= 11 is 0. The van der Waals surface area contributed by atoms with Gasteiger partial charge in [0.15, 0.2) is 6.61 Å². The number of piperazine rings is 1. The smallest absolute Gasteiger partial charge is 0.272 e. The molecule has 2 saturated heterocycles. The van der Waals surface area contributed by atoms with E-state index in [0.717, 1.165) is 58.3 Å². The van der Waals surface area contributed by atoms with Crippen LogP contribution in [0.2, 0.25) is 0 Å². The zero-order chi connectivity index (χ0) is 29.4. The molecule has 222 valence electrons. The van der Waals surface area contributed by atoms with E-state index in [1.807, 2.05) is 4.90 Å². The van der Waals surface area contributed by atoms with Crippen molar-refractivity contribution in [1.29, 1.82) is 0 Å². The van der Waals surface area contributed by atoms with Crippen LogP contribution in [0.5, 0.6) is 0 Å². The maximum Gasteiger partial charge on any atom is 0.272 e. The van der Waals surface area contributed by atoms with E-state index < -0.39 is 18.8 Å². The molecule has 0 saturated carbocycles. The van der Waals surface area contributed by atoms with Gasteiger partial charge in [-0.25, -0.2) is 23.4 Å². The van der Waals surface area contributed by atoms with Crippen molar-refractivity contribution in [1.82, 2.24) is 9.91 Å². The molecule has 2 heterocycles. The highest BCUT2D eigenvalue weighted by molar-refractivity contribution is 5.94. The molecule has 2 aromatic rings. The second kappa shape index (κ2) is 14.3. The summed E-state index contributed by atoms with van der Waals surface area (Å²) in [5, 5.41) is 7.98. The molecule has 2 aliphatic heterocycles. The van der Waals surface area contributed by atoms with Crippen LogP contribution in [0.1, 0.15) is 29.5 Å². The number of anilines is 1. The molecule has 0 amide bonds. The van der Waals surface area contributed by atoms with Gasteiger partial charge < -0.3 is 25.1 Å². The first-order valence-corrected chi connectivity index (χ1v) is 13.3. The predicted octanol–water partition coefficient (Wildman–Crippen LogP) is 3.54. The van der Waals surface area contributed by atoms with Crippen molar-refractivity contribution in [2.24, 2.45) is 21.8 Å². The Morgan fingerprint density at radius 3 is 2.39 bits per heavy atom. The minimum atomic E-state index is -2.74. The second-order valence-electron chi connectivity index (χ2n) is 9.84. The van der Waals surface area contributed by atoms with Crippen molar-refractivity contribution in [2.75, 3.05) is 50.9 Å². The van der Waals surface area contributed by atoms with Gasteiger partial charge >= 0.3 is 0 Å². The minimum Gasteiger partial charge on any atom is -0.470 e. The van der Waals surface area contributed by atoms with E-state index in [1.165, 1.54) is 29.4 Å². The molecule has 0 spiro atoms. The van der Waals surface area contributed by atoms with Gasteiger partial charge in [-0.15, -0.1) is 5.10 Å². The number of ether oxygens (including phenoxy) is 2. The highest BCUT2D eigenvalue weighted by Gasteiger charge is 2.26. The van der Waals surface area contributed by atoms with E-state index in [0.29, 0.717) is 17.3 Å². The van der Waals surface area contributed by atoms with E-state index in [2.05, 4.69) is 21.8 Å². The van der Waals surface area contributed by atoms with Crippen LogP contribution >= 0.6 is 0 Å². The number of hydrogen-bond acceptors (Lipinski definition) is 9. The Bertz CT molecular complexity index is 1250. The molecule has 0 radical (unpaired) electrons. The summed E-state index contributed by atoms with van der Waals surface area (Å²) < 4.78 is 65.2. The third-order valence-corrected chi connectivity index (χ3v) is 7.11. The Balaban J connectivity index is 1.36. The molecule has 0 aliphatic carbocycles. The zero-order valence-electron chi connectivity index (χ0n) is 22.7. The van der Waals surface area contributed by atoms with Crippen LogP contribution in [-0.4, -0.2) is 81.0 Å². The van der Waals surface area contributed by atoms with E-state index in [-0.39, 0.29) is 35.1 Å². The Morgan fingerprint density at radius 1 is 1.07 bits per heavy atom. The molecule has 2 fully saturated rings. The molecular formula is C28H35F4N7O2. The van der Waals surface area contributed by atoms with Crippen LogP contribution in [0.15, 0.2) is 52.8 Å². The number of alkyl halides is 2. The van der Waals surface area contributed by atoms with Crippen LogP contribution in [0, 0.1) is 11.6 Å². The molecule has 2 aliphatic rings. The first kappa shape index (κ1) is 30.3. The number of nitrogens with zero attached hydrogens (tertiary/aromatic N) is 5. The van der Waals surface area contributed by atoms with E-state index >= 15 is 4.39 Å². The van der Waals surface area contributed by atoms with Gasteiger partial charge in [-0.3, -0.25) is 4.90 Å². The van der Waals surface area contributed by atoms with Gasteiger partial charge in [0.05, 0.1) is 17.9 Å². The third kappa shape index (κ3) is 8.18. The molecule has 9 nitrogen and oxygen atoms in total. The summed E-state index contributed by atoms with van der Waals surface area (Å²) in [5.74, 6) is 4.70. The summed E-state index contributed by atoms with van der Waals surface area (Å²) in [6.45, 7) is 6.96. The summed E-state index contributed by atoms with van der Waals surface area (Å²) in [5.41, 5.74) is 7.64. The molecular weight excluding hydrogens is 542 g/mol. The SMILES string of the molecule is C=N/N=C(\OCC(F)F)c1ccc(CN(N)/C=C(\N)c2ccc(N3CCN(C4CCOCC4)CC3)c(F)c2)c(F)c1. The molecule has 0 bridgehead atoms. The van der Waals surface area contributed by atoms with Gasteiger partial charge in [0.1, 0.15) is 11.6 Å². The van der Waals surface area contributed by atoms with E-state index in [1.54, 1.807) is 12.1 Å². The Hall–Kier alpha value is -3.68. The maximum atomic E-state index is 15.1. The van der Waals surface area contributed by atoms with Crippen LogP contribution in [-0.2, 0) is 16.0 Å². The molecule has 13 heteroatoms. The van der Waals surface area contributed by atoms with E-state index in [4.69, 9.17) is 21.1 Å². The third-order valence-electron chi connectivity index (χ3n) is 7.11. The van der Waals surface area contributed by atoms with E-state index in [9.17, 15) is 13.2 Å². The second-order valence-corrected chi connectivity index (χ2v) is 9.84. The first-order valence-electron chi connectivity index (χ1n) is 13.3. The molecule has 41 heavy (non-hydrogen) atoms. The van der Waals surface area contributed by atoms with Crippen molar-refractivity contribution in [3.05, 3.63) is 70.9 Å².